The van der Waals surface area contributed by atoms with Crippen LogP contribution < -0.4 is 5.32 Å². The van der Waals surface area contributed by atoms with Gasteiger partial charge in [0.25, 0.3) is 0 Å². The Morgan fingerprint density at radius 3 is 2.70 bits per heavy atom. The number of nitrogens with zero attached hydrogens (tertiary/aromatic N) is 3. The number of aromatic amines is 1. The fraction of sp³-hybridized carbons (Fsp3) is 0.0714. The summed E-state index contributed by atoms with van der Waals surface area (Å²) in [4.78, 5) is 8.46. The van der Waals surface area contributed by atoms with Gasteiger partial charge < -0.3 is 5.32 Å². The molecule has 0 spiro atoms. The molecule has 5 nitrogen and oxygen atoms in total. The third kappa shape index (κ3) is 2.23. The van der Waals surface area contributed by atoms with Crippen LogP contribution in [-0.4, -0.2) is 27.2 Å². The van der Waals surface area contributed by atoms with Gasteiger partial charge >= 0.3 is 0 Å². The van der Waals surface area contributed by atoms with Crippen molar-refractivity contribution in [3.63, 3.8) is 0 Å². The fourth-order valence-corrected chi connectivity index (χ4v) is 1.95. The van der Waals surface area contributed by atoms with E-state index in [2.05, 4.69) is 25.5 Å². The lowest BCUT2D eigenvalue weighted by Crippen LogP contribution is -1.96. The molecule has 3 rings (SSSR count). The highest BCUT2D eigenvalue weighted by Crippen LogP contribution is 2.29. The van der Waals surface area contributed by atoms with Crippen molar-refractivity contribution in [3.8, 4) is 22.5 Å². The normalized spacial score (nSPS) is 10.5. The second kappa shape index (κ2) is 5.08. The standard InChI is InChI=1S/C14H12FN5/c1-16-14-17-7-6-12(19-14)11-8-18-20-13(11)9-2-4-10(15)5-3-9/h2-8H,1H3,(H,18,20)(H,16,17,19). The predicted octanol–water partition coefficient (Wildman–Crippen LogP) is 2.71. The lowest BCUT2D eigenvalue weighted by Gasteiger charge is -2.04. The van der Waals surface area contributed by atoms with Crippen LogP contribution in [0.25, 0.3) is 22.5 Å². The molecule has 2 aromatic heterocycles. The lowest BCUT2D eigenvalue weighted by atomic mass is 10.1. The van der Waals surface area contributed by atoms with Gasteiger partial charge in [0.15, 0.2) is 0 Å². The summed E-state index contributed by atoms with van der Waals surface area (Å²) in [5, 5.41) is 9.87. The Morgan fingerprint density at radius 1 is 1.15 bits per heavy atom. The Hall–Kier alpha value is -2.76. The summed E-state index contributed by atoms with van der Waals surface area (Å²) < 4.78 is 13.0. The van der Waals surface area contributed by atoms with Gasteiger partial charge in [-0.1, -0.05) is 0 Å². The molecular weight excluding hydrogens is 257 g/mol. The van der Waals surface area contributed by atoms with Crippen molar-refractivity contribution >= 4 is 5.95 Å². The third-order valence-corrected chi connectivity index (χ3v) is 2.93. The zero-order valence-electron chi connectivity index (χ0n) is 10.8. The molecule has 6 heteroatoms. The Morgan fingerprint density at radius 2 is 1.95 bits per heavy atom. The fourth-order valence-electron chi connectivity index (χ4n) is 1.95. The molecule has 100 valence electrons. The minimum Gasteiger partial charge on any atom is -0.357 e. The maximum atomic E-state index is 13.0. The van der Waals surface area contributed by atoms with Crippen molar-refractivity contribution in [2.24, 2.45) is 0 Å². The Kier molecular flexibility index (Phi) is 3.12. The van der Waals surface area contributed by atoms with E-state index in [-0.39, 0.29) is 5.82 Å². The topological polar surface area (TPSA) is 66.5 Å². The molecule has 0 bridgehead atoms. The number of benzene rings is 1. The monoisotopic (exact) mass is 269 g/mol. The summed E-state index contributed by atoms with van der Waals surface area (Å²) in [6.45, 7) is 0. The van der Waals surface area contributed by atoms with E-state index in [4.69, 9.17) is 0 Å². The highest BCUT2D eigenvalue weighted by atomic mass is 19.1. The molecule has 0 amide bonds. The molecule has 0 radical (unpaired) electrons. The zero-order valence-corrected chi connectivity index (χ0v) is 10.8. The van der Waals surface area contributed by atoms with Crippen LogP contribution in [0.2, 0.25) is 0 Å². The first-order valence-corrected chi connectivity index (χ1v) is 6.08. The summed E-state index contributed by atoms with van der Waals surface area (Å²) in [7, 11) is 1.76. The predicted molar refractivity (Wildman–Crippen MR) is 74.6 cm³/mol. The second-order valence-electron chi connectivity index (χ2n) is 4.18. The van der Waals surface area contributed by atoms with E-state index in [0.29, 0.717) is 5.95 Å². The number of rotatable bonds is 3. The van der Waals surface area contributed by atoms with Crippen LogP contribution in [0, 0.1) is 5.82 Å². The second-order valence-corrected chi connectivity index (χ2v) is 4.18. The van der Waals surface area contributed by atoms with Gasteiger partial charge in [0.05, 0.1) is 17.6 Å². The smallest absolute Gasteiger partial charge is 0.222 e. The maximum absolute atomic E-state index is 13.0. The van der Waals surface area contributed by atoms with Crippen LogP contribution in [0.15, 0.2) is 42.7 Å². The van der Waals surface area contributed by atoms with Crippen molar-refractivity contribution in [2.75, 3.05) is 12.4 Å². The van der Waals surface area contributed by atoms with Gasteiger partial charge in [0.2, 0.25) is 5.95 Å². The first-order chi connectivity index (χ1) is 9.78. The molecule has 0 aliphatic carbocycles. The van der Waals surface area contributed by atoms with Crippen LogP contribution in [0.3, 0.4) is 0 Å². The lowest BCUT2D eigenvalue weighted by molar-refractivity contribution is 0.628. The zero-order chi connectivity index (χ0) is 13.9. The molecule has 1 aromatic carbocycles. The van der Waals surface area contributed by atoms with E-state index >= 15 is 0 Å². The first kappa shape index (κ1) is 12.3. The quantitative estimate of drug-likeness (QED) is 0.767. The van der Waals surface area contributed by atoms with Crippen molar-refractivity contribution in [1.29, 1.82) is 0 Å². The van der Waals surface area contributed by atoms with Crippen molar-refractivity contribution in [2.45, 2.75) is 0 Å². The summed E-state index contributed by atoms with van der Waals surface area (Å²) in [6.07, 6.45) is 3.37. The summed E-state index contributed by atoms with van der Waals surface area (Å²) >= 11 is 0. The largest absolute Gasteiger partial charge is 0.357 e. The number of hydrogen-bond donors (Lipinski definition) is 2. The molecule has 2 N–H and O–H groups in total. The summed E-state index contributed by atoms with van der Waals surface area (Å²) in [6, 6.07) is 8.04. The van der Waals surface area contributed by atoms with E-state index in [0.717, 1.165) is 22.5 Å². The number of H-pyrrole nitrogens is 1. The number of nitrogens with one attached hydrogen (secondary N) is 2. The minimum atomic E-state index is -0.269. The molecule has 0 unspecified atom stereocenters. The van der Waals surface area contributed by atoms with Gasteiger partial charge in [-0.2, -0.15) is 5.10 Å². The van der Waals surface area contributed by atoms with E-state index in [9.17, 15) is 4.39 Å². The number of hydrogen-bond acceptors (Lipinski definition) is 4. The number of halogens is 1. The molecule has 20 heavy (non-hydrogen) atoms. The van der Waals surface area contributed by atoms with Crippen molar-refractivity contribution in [1.82, 2.24) is 20.2 Å². The van der Waals surface area contributed by atoms with Crippen LogP contribution in [0.1, 0.15) is 0 Å². The summed E-state index contributed by atoms with van der Waals surface area (Å²) in [5.41, 5.74) is 3.24. The van der Waals surface area contributed by atoms with E-state index in [1.54, 1.807) is 37.6 Å². The van der Waals surface area contributed by atoms with Gasteiger partial charge in [-0.3, -0.25) is 5.10 Å². The van der Waals surface area contributed by atoms with Gasteiger partial charge in [-0.25, -0.2) is 14.4 Å². The van der Waals surface area contributed by atoms with Crippen LogP contribution >= 0.6 is 0 Å². The third-order valence-electron chi connectivity index (χ3n) is 2.93. The molecule has 0 saturated carbocycles. The van der Waals surface area contributed by atoms with Gasteiger partial charge in [-0.15, -0.1) is 0 Å². The van der Waals surface area contributed by atoms with Crippen molar-refractivity contribution in [3.05, 3.63) is 48.5 Å². The molecule has 0 saturated heterocycles. The van der Waals surface area contributed by atoms with E-state index < -0.39 is 0 Å². The number of aromatic nitrogens is 4. The SMILES string of the molecule is CNc1nccc(-c2cn[nH]c2-c2ccc(F)cc2)n1. The first-order valence-electron chi connectivity index (χ1n) is 6.08. The van der Waals surface area contributed by atoms with Gasteiger partial charge in [-0.05, 0) is 30.3 Å². The van der Waals surface area contributed by atoms with Crippen LogP contribution in [-0.2, 0) is 0 Å². The Balaban J connectivity index is 2.07. The summed E-state index contributed by atoms with van der Waals surface area (Å²) in [5.74, 6) is 0.267. The molecule has 0 aliphatic rings. The van der Waals surface area contributed by atoms with E-state index in [1.807, 2.05) is 0 Å². The molecular formula is C14H12FN5. The Labute approximate surface area is 114 Å². The maximum Gasteiger partial charge on any atom is 0.222 e. The highest BCUT2D eigenvalue weighted by molar-refractivity contribution is 5.78. The molecule has 0 fully saturated rings. The highest BCUT2D eigenvalue weighted by Gasteiger charge is 2.11. The van der Waals surface area contributed by atoms with E-state index in [1.165, 1.54) is 12.1 Å². The van der Waals surface area contributed by atoms with Crippen molar-refractivity contribution < 1.29 is 4.39 Å². The molecule has 2 heterocycles. The van der Waals surface area contributed by atoms with Crippen LogP contribution in [0.5, 0.6) is 0 Å². The number of anilines is 1. The Bertz CT molecular complexity index is 720. The van der Waals surface area contributed by atoms with Gasteiger partial charge in [0, 0.05) is 24.4 Å². The minimum absolute atomic E-state index is 0.269. The average Bonchev–Trinajstić information content (AvgIpc) is 2.97. The molecule has 0 atom stereocenters. The van der Waals surface area contributed by atoms with Crippen LogP contribution in [0.4, 0.5) is 10.3 Å². The molecule has 0 aliphatic heterocycles. The molecule has 3 aromatic rings. The average molecular weight is 269 g/mol. The van der Waals surface area contributed by atoms with Gasteiger partial charge in [0.1, 0.15) is 5.82 Å².